The molecule has 0 aliphatic heterocycles. The molecule has 1 aromatic heterocycles. The van der Waals surface area contributed by atoms with Crippen molar-refractivity contribution in [2.75, 3.05) is 6.54 Å². The number of sulfonamides is 1. The Morgan fingerprint density at radius 3 is 2.53 bits per heavy atom. The molecule has 0 amide bonds. The van der Waals surface area contributed by atoms with E-state index < -0.39 is 10.0 Å². The van der Waals surface area contributed by atoms with E-state index in [-0.39, 0.29) is 23.6 Å². The van der Waals surface area contributed by atoms with E-state index in [2.05, 4.69) is 4.98 Å². The zero-order valence-corrected chi connectivity index (χ0v) is 12.1. The summed E-state index contributed by atoms with van der Waals surface area (Å²) >= 11 is 0. The monoisotopic (exact) mass is 284 g/mol. The van der Waals surface area contributed by atoms with Crippen molar-refractivity contribution in [3.05, 3.63) is 23.9 Å². The van der Waals surface area contributed by atoms with E-state index in [0.29, 0.717) is 12.1 Å². The van der Waals surface area contributed by atoms with E-state index >= 15 is 0 Å². The van der Waals surface area contributed by atoms with Crippen LogP contribution < -0.4 is 0 Å². The Morgan fingerprint density at radius 1 is 1.42 bits per heavy atom. The Morgan fingerprint density at radius 2 is 2.11 bits per heavy atom. The second-order valence-electron chi connectivity index (χ2n) is 5.36. The number of pyridine rings is 1. The number of rotatable bonds is 6. The van der Waals surface area contributed by atoms with Gasteiger partial charge in [-0.05, 0) is 30.4 Å². The average molecular weight is 284 g/mol. The molecule has 0 radical (unpaired) electrons. The van der Waals surface area contributed by atoms with Crippen LogP contribution in [0.15, 0.2) is 23.4 Å². The third-order valence-corrected chi connectivity index (χ3v) is 4.89. The molecular formula is C13H20N2O3S. The van der Waals surface area contributed by atoms with Gasteiger partial charge in [0, 0.05) is 18.8 Å². The largest absolute Gasteiger partial charge is 0.392 e. The first kappa shape index (κ1) is 14.4. The minimum absolute atomic E-state index is 0.0669. The lowest BCUT2D eigenvalue weighted by Crippen LogP contribution is -2.36. The van der Waals surface area contributed by atoms with Gasteiger partial charge in [0.25, 0.3) is 10.0 Å². The van der Waals surface area contributed by atoms with Gasteiger partial charge in [-0.25, -0.2) is 13.4 Å². The molecule has 106 valence electrons. The zero-order valence-electron chi connectivity index (χ0n) is 11.3. The highest BCUT2D eigenvalue weighted by molar-refractivity contribution is 7.89. The molecule has 1 heterocycles. The minimum atomic E-state index is -3.52. The molecule has 1 aromatic rings. The number of aliphatic hydroxyl groups excluding tert-OH is 1. The van der Waals surface area contributed by atoms with Crippen LogP contribution in [0.4, 0.5) is 0 Å². The summed E-state index contributed by atoms with van der Waals surface area (Å²) in [5.74, 6) is 0.284. The maximum Gasteiger partial charge on any atom is 0.260 e. The summed E-state index contributed by atoms with van der Waals surface area (Å²) in [6.07, 6.45) is 3.27. The van der Waals surface area contributed by atoms with Crippen LogP contribution in [0, 0.1) is 5.92 Å². The lowest BCUT2D eigenvalue weighted by Gasteiger charge is -2.23. The summed E-state index contributed by atoms with van der Waals surface area (Å²) in [6.45, 7) is 4.41. The lowest BCUT2D eigenvalue weighted by molar-refractivity contribution is 0.281. The van der Waals surface area contributed by atoms with E-state index in [1.807, 2.05) is 13.8 Å². The summed E-state index contributed by atoms with van der Waals surface area (Å²) in [6, 6.07) is 3.20. The van der Waals surface area contributed by atoms with Gasteiger partial charge in [-0.3, -0.25) is 0 Å². The van der Waals surface area contributed by atoms with E-state index in [0.717, 1.165) is 12.8 Å². The lowest BCUT2D eigenvalue weighted by atomic mass is 10.2. The number of aliphatic hydroxyl groups is 1. The summed E-state index contributed by atoms with van der Waals surface area (Å²) in [4.78, 5) is 3.97. The molecule has 19 heavy (non-hydrogen) atoms. The van der Waals surface area contributed by atoms with Gasteiger partial charge < -0.3 is 5.11 Å². The van der Waals surface area contributed by atoms with Crippen LogP contribution in [0.25, 0.3) is 0 Å². The van der Waals surface area contributed by atoms with Crippen molar-refractivity contribution >= 4 is 10.0 Å². The standard InChI is InChI=1S/C13H20N2O3S/c1-10(2)8-15(12-4-5-12)19(17,18)13-6-3-11(9-16)7-14-13/h3,6-7,10,12,16H,4-5,8-9H2,1-2H3. The molecule has 6 heteroatoms. The van der Waals surface area contributed by atoms with Crippen LogP contribution in [0.3, 0.4) is 0 Å². The molecule has 0 bridgehead atoms. The predicted octanol–water partition coefficient (Wildman–Crippen LogP) is 1.38. The average Bonchev–Trinajstić information content (AvgIpc) is 3.20. The fraction of sp³-hybridized carbons (Fsp3) is 0.615. The van der Waals surface area contributed by atoms with Crippen LogP contribution in [0.1, 0.15) is 32.3 Å². The van der Waals surface area contributed by atoms with E-state index in [1.54, 1.807) is 10.4 Å². The normalized spacial score (nSPS) is 16.3. The van der Waals surface area contributed by atoms with Crippen molar-refractivity contribution in [1.29, 1.82) is 0 Å². The number of nitrogens with zero attached hydrogens (tertiary/aromatic N) is 2. The van der Waals surface area contributed by atoms with Crippen LogP contribution in [-0.4, -0.2) is 35.4 Å². The van der Waals surface area contributed by atoms with Gasteiger partial charge in [-0.2, -0.15) is 4.31 Å². The van der Waals surface area contributed by atoms with Crippen LogP contribution in [0.2, 0.25) is 0 Å². The number of hydrogen-bond donors (Lipinski definition) is 1. The van der Waals surface area contributed by atoms with Crippen molar-refractivity contribution in [3.63, 3.8) is 0 Å². The molecule has 1 aliphatic rings. The second-order valence-corrected chi connectivity index (χ2v) is 7.20. The van der Waals surface area contributed by atoms with E-state index in [4.69, 9.17) is 5.11 Å². The molecule has 0 saturated heterocycles. The van der Waals surface area contributed by atoms with Crippen molar-refractivity contribution in [2.24, 2.45) is 5.92 Å². The summed E-state index contributed by atoms with van der Waals surface area (Å²) in [5.41, 5.74) is 0.612. The molecule has 1 saturated carbocycles. The summed E-state index contributed by atoms with van der Waals surface area (Å²) in [5, 5.41) is 9.02. The Labute approximate surface area is 114 Å². The Hall–Kier alpha value is -0.980. The molecule has 1 N–H and O–H groups in total. The first-order valence-corrected chi connectivity index (χ1v) is 7.96. The molecule has 2 rings (SSSR count). The molecular weight excluding hydrogens is 264 g/mol. The first-order valence-electron chi connectivity index (χ1n) is 6.52. The van der Waals surface area contributed by atoms with Gasteiger partial charge in [0.2, 0.25) is 0 Å². The smallest absolute Gasteiger partial charge is 0.260 e. The van der Waals surface area contributed by atoms with Crippen LogP contribution in [0.5, 0.6) is 0 Å². The second kappa shape index (κ2) is 5.56. The van der Waals surface area contributed by atoms with Crippen molar-refractivity contribution in [3.8, 4) is 0 Å². The molecule has 1 aliphatic carbocycles. The zero-order chi connectivity index (χ0) is 14.0. The Kier molecular flexibility index (Phi) is 4.23. The van der Waals surface area contributed by atoms with Gasteiger partial charge in [-0.1, -0.05) is 19.9 Å². The van der Waals surface area contributed by atoms with Gasteiger partial charge in [0.1, 0.15) is 0 Å². The van der Waals surface area contributed by atoms with E-state index in [1.165, 1.54) is 12.3 Å². The molecule has 5 nitrogen and oxygen atoms in total. The highest BCUT2D eigenvalue weighted by Crippen LogP contribution is 2.32. The third-order valence-electron chi connectivity index (χ3n) is 3.05. The highest BCUT2D eigenvalue weighted by atomic mass is 32.2. The first-order chi connectivity index (χ1) is 8.95. The Bertz CT molecular complexity index is 521. The number of hydrogen-bond acceptors (Lipinski definition) is 4. The van der Waals surface area contributed by atoms with Gasteiger partial charge in [0.05, 0.1) is 6.61 Å². The molecule has 0 atom stereocenters. The van der Waals surface area contributed by atoms with Gasteiger partial charge >= 0.3 is 0 Å². The van der Waals surface area contributed by atoms with Crippen molar-refractivity contribution < 1.29 is 13.5 Å². The Balaban J connectivity index is 2.27. The maximum absolute atomic E-state index is 12.5. The molecule has 0 unspecified atom stereocenters. The predicted molar refractivity (Wildman–Crippen MR) is 71.9 cm³/mol. The van der Waals surface area contributed by atoms with E-state index in [9.17, 15) is 8.42 Å². The SMILES string of the molecule is CC(C)CN(C1CC1)S(=O)(=O)c1ccc(CO)cn1. The maximum atomic E-state index is 12.5. The summed E-state index contributed by atoms with van der Waals surface area (Å²) in [7, 11) is -3.52. The van der Waals surface area contributed by atoms with Crippen molar-refractivity contribution in [1.82, 2.24) is 9.29 Å². The minimum Gasteiger partial charge on any atom is -0.392 e. The quantitative estimate of drug-likeness (QED) is 0.857. The van der Waals surface area contributed by atoms with Crippen LogP contribution in [-0.2, 0) is 16.6 Å². The fourth-order valence-electron chi connectivity index (χ4n) is 1.94. The van der Waals surface area contributed by atoms with Gasteiger partial charge in [0.15, 0.2) is 5.03 Å². The fourth-order valence-corrected chi connectivity index (χ4v) is 3.71. The molecule has 0 aromatic carbocycles. The highest BCUT2D eigenvalue weighted by Gasteiger charge is 2.38. The van der Waals surface area contributed by atoms with Gasteiger partial charge in [-0.15, -0.1) is 0 Å². The third kappa shape index (κ3) is 3.32. The topological polar surface area (TPSA) is 70.5 Å². The van der Waals surface area contributed by atoms with Crippen molar-refractivity contribution in [2.45, 2.75) is 44.4 Å². The molecule has 1 fully saturated rings. The number of aromatic nitrogens is 1. The summed E-state index contributed by atoms with van der Waals surface area (Å²) < 4.78 is 26.7. The molecule has 0 spiro atoms. The van der Waals surface area contributed by atoms with Crippen LogP contribution >= 0.6 is 0 Å².